The molecule has 1 saturated carbocycles. The van der Waals surface area contributed by atoms with Crippen LogP contribution in [0.4, 0.5) is 5.69 Å². The minimum absolute atomic E-state index is 0.233. The van der Waals surface area contributed by atoms with E-state index in [1.807, 2.05) is 31.2 Å². The lowest BCUT2D eigenvalue weighted by atomic mass is 9.87. The van der Waals surface area contributed by atoms with Crippen LogP contribution in [0, 0.1) is 12.8 Å². The van der Waals surface area contributed by atoms with Crippen LogP contribution in [0.2, 0.25) is 0 Å². The van der Waals surface area contributed by atoms with Gasteiger partial charge in [0.05, 0.1) is 0 Å². The van der Waals surface area contributed by atoms with Crippen molar-refractivity contribution >= 4 is 11.6 Å². The first-order valence-electron chi connectivity index (χ1n) is 6.19. The second-order valence-corrected chi connectivity index (χ2v) is 5.12. The van der Waals surface area contributed by atoms with Crippen LogP contribution >= 0.6 is 0 Å². The highest BCUT2D eigenvalue weighted by Gasteiger charge is 2.45. The molecule has 0 saturated heterocycles. The van der Waals surface area contributed by atoms with Crippen molar-refractivity contribution in [3.05, 3.63) is 29.8 Å². The first-order valence-corrected chi connectivity index (χ1v) is 6.19. The van der Waals surface area contributed by atoms with Crippen molar-refractivity contribution in [2.45, 2.75) is 38.6 Å². The quantitative estimate of drug-likeness (QED) is 0.841. The highest BCUT2D eigenvalue weighted by Crippen LogP contribution is 2.38. The highest BCUT2D eigenvalue weighted by atomic mass is 16.1. The molecular weight excluding hydrogens is 212 g/mol. The van der Waals surface area contributed by atoms with E-state index in [0.29, 0.717) is 5.92 Å². The first-order chi connectivity index (χ1) is 8.04. The third-order valence-electron chi connectivity index (χ3n) is 3.91. The summed E-state index contributed by atoms with van der Waals surface area (Å²) in [6.07, 6.45) is 2.95. The fourth-order valence-corrected chi connectivity index (χ4v) is 2.69. The van der Waals surface area contributed by atoms with Crippen LogP contribution in [0.3, 0.4) is 0 Å². The van der Waals surface area contributed by atoms with Gasteiger partial charge < -0.3 is 11.1 Å². The number of nitrogens with one attached hydrogen (secondary N) is 1. The molecule has 1 aliphatic rings. The van der Waals surface area contributed by atoms with Gasteiger partial charge in [0, 0.05) is 5.69 Å². The van der Waals surface area contributed by atoms with Crippen LogP contribution in [0.25, 0.3) is 0 Å². The van der Waals surface area contributed by atoms with E-state index >= 15 is 0 Å². The summed E-state index contributed by atoms with van der Waals surface area (Å²) in [5.41, 5.74) is 7.23. The Labute approximate surface area is 102 Å². The lowest BCUT2D eigenvalue weighted by Gasteiger charge is -2.32. The number of nitrogens with two attached hydrogens (primary N) is 1. The molecule has 1 aromatic rings. The number of anilines is 1. The van der Waals surface area contributed by atoms with Gasteiger partial charge in [0.2, 0.25) is 5.91 Å². The smallest absolute Gasteiger partial charge is 0.243 e. The number of amides is 1. The lowest BCUT2D eigenvalue weighted by Crippen LogP contribution is -2.52. The molecule has 1 fully saturated rings. The predicted octanol–water partition coefficient (Wildman–Crippen LogP) is 2.45. The third-order valence-corrected chi connectivity index (χ3v) is 3.91. The first kappa shape index (κ1) is 12.0. The molecule has 1 amide bonds. The molecule has 2 atom stereocenters. The molecule has 0 heterocycles. The molecule has 0 aromatic heterocycles. The molecule has 2 rings (SSSR count). The number of hydrogen-bond acceptors (Lipinski definition) is 2. The fraction of sp³-hybridized carbons (Fsp3) is 0.500. The monoisotopic (exact) mass is 232 g/mol. The molecule has 0 spiro atoms. The number of aryl methyl sites for hydroxylation is 1. The fourth-order valence-electron chi connectivity index (χ4n) is 2.69. The Morgan fingerprint density at radius 1 is 1.41 bits per heavy atom. The summed E-state index contributed by atoms with van der Waals surface area (Å²) in [5.74, 6) is 0.0596. The minimum Gasteiger partial charge on any atom is -0.371 e. The Balaban J connectivity index is 2.24. The van der Waals surface area contributed by atoms with E-state index in [4.69, 9.17) is 5.73 Å². The molecule has 3 nitrogen and oxygen atoms in total. The molecule has 0 radical (unpaired) electrons. The second-order valence-electron chi connectivity index (χ2n) is 5.12. The molecule has 3 heteroatoms. The van der Waals surface area contributed by atoms with Gasteiger partial charge in [0.25, 0.3) is 0 Å². The van der Waals surface area contributed by atoms with Gasteiger partial charge in [-0.05, 0) is 37.8 Å². The Bertz CT molecular complexity index is 413. The number of benzene rings is 1. The van der Waals surface area contributed by atoms with Gasteiger partial charge in [0.1, 0.15) is 5.54 Å². The molecule has 1 aliphatic carbocycles. The van der Waals surface area contributed by atoms with E-state index in [9.17, 15) is 4.79 Å². The van der Waals surface area contributed by atoms with Crippen molar-refractivity contribution in [2.75, 3.05) is 5.32 Å². The normalized spacial score (nSPS) is 28.0. The van der Waals surface area contributed by atoms with Gasteiger partial charge in [-0.15, -0.1) is 0 Å². The number of hydrogen-bond donors (Lipinski definition) is 2. The van der Waals surface area contributed by atoms with E-state index in [-0.39, 0.29) is 5.91 Å². The zero-order chi connectivity index (χ0) is 12.5. The van der Waals surface area contributed by atoms with Crippen molar-refractivity contribution in [3.63, 3.8) is 0 Å². The number of carbonyl (C=O) groups excluding carboxylic acids is 1. The number of carbonyl (C=O) groups is 1. The van der Waals surface area contributed by atoms with Crippen molar-refractivity contribution in [2.24, 2.45) is 11.7 Å². The van der Waals surface area contributed by atoms with Crippen LogP contribution in [-0.2, 0) is 4.79 Å². The largest absolute Gasteiger partial charge is 0.371 e. The van der Waals surface area contributed by atoms with Gasteiger partial charge in [-0.1, -0.05) is 31.0 Å². The second kappa shape index (κ2) is 4.40. The summed E-state index contributed by atoms with van der Waals surface area (Å²) >= 11 is 0. The summed E-state index contributed by atoms with van der Waals surface area (Å²) in [7, 11) is 0. The molecule has 17 heavy (non-hydrogen) atoms. The molecule has 1 aromatic carbocycles. The van der Waals surface area contributed by atoms with E-state index in [1.165, 1.54) is 5.56 Å². The summed E-state index contributed by atoms with van der Waals surface area (Å²) in [6.45, 7) is 4.14. The molecular formula is C14H20N2O. The topological polar surface area (TPSA) is 55.1 Å². The zero-order valence-electron chi connectivity index (χ0n) is 10.5. The molecule has 0 bridgehead atoms. The SMILES string of the molecule is Cc1ccc(NC2(C(N)=O)CCCC2C)cc1. The summed E-state index contributed by atoms with van der Waals surface area (Å²) < 4.78 is 0. The Morgan fingerprint density at radius 3 is 2.53 bits per heavy atom. The molecule has 2 unspecified atom stereocenters. The van der Waals surface area contributed by atoms with E-state index in [0.717, 1.165) is 24.9 Å². The van der Waals surface area contributed by atoms with Crippen molar-refractivity contribution in [1.82, 2.24) is 0 Å². The number of rotatable bonds is 3. The van der Waals surface area contributed by atoms with Gasteiger partial charge in [-0.25, -0.2) is 0 Å². The van der Waals surface area contributed by atoms with Crippen molar-refractivity contribution < 1.29 is 4.79 Å². The third kappa shape index (κ3) is 2.14. The van der Waals surface area contributed by atoms with Crippen LogP contribution in [0.5, 0.6) is 0 Å². The van der Waals surface area contributed by atoms with E-state index in [1.54, 1.807) is 0 Å². The maximum atomic E-state index is 11.8. The minimum atomic E-state index is -0.560. The van der Waals surface area contributed by atoms with Crippen LogP contribution in [0.15, 0.2) is 24.3 Å². The van der Waals surface area contributed by atoms with Crippen molar-refractivity contribution in [1.29, 1.82) is 0 Å². The highest BCUT2D eigenvalue weighted by molar-refractivity contribution is 5.88. The van der Waals surface area contributed by atoms with Crippen LogP contribution in [-0.4, -0.2) is 11.4 Å². The molecule has 0 aliphatic heterocycles. The van der Waals surface area contributed by atoms with E-state index < -0.39 is 5.54 Å². The average molecular weight is 232 g/mol. The Morgan fingerprint density at radius 2 is 2.06 bits per heavy atom. The van der Waals surface area contributed by atoms with Gasteiger partial charge in [-0.2, -0.15) is 0 Å². The maximum Gasteiger partial charge on any atom is 0.243 e. The van der Waals surface area contributed by atoms with Gasteiger partial charge >= 0.3 is 0 Å². The Kier molecular flexibility index (Phi) is 3.09. The summed E-state index contributed by atoms with van der Waals surface area (Å²) in [5, 5.41) is 3.36. The predicted molar refractivity (Wildman–Crippen MR) is 69.7 cm³/mol. The standard InChI is InChI=1S/C14H20N2O/c1-10-5-7-12(8-6-10)16-14(13(15)17)9-3-4-11(14)2/h5-8,11,16H,3-4,9H2,1-2H3,(H2,15,17). The van der Waals surface area contributed by atoms with Crippen LogP contribution in [0.1, 0.15) is 31.7 Å². The van der Waals surface area contributed by atoms with Gasteiger partial charge in [0.15, 0.2) is 0 Å². The van der Waals surface area contributed by atoms with Crippen LogP contribution < -0.4 is 11.1 Å². The molecule has 3 N–H and O–H groups in total. The number of primary amides is 1. The Hall–Kier alpha value is -1.51. The molecule has 92 valence electrons. The van der Waals surface area contributed by atoms with Gasteiger partial charge in [-0.3, -0.25) is 4.79 Å². The zero-order valence-corrected chi connectivity index (χ0v) is 10.5. The lowest BCUT2D eigenvalue weighted by molar-refractivity contribution is -0.123. The average Bonchev–Trinajstić information content (AvgIpc) is 2.65. The maximum absolute atomic E-state index is 11.8. The van der Waals surface area contributed by atoms with E-state index in [2.05, 4.69) is 12.2 Å². The van der Waals surface area contributed by atoms with Crippen molar-refractivity contribution in [3.8, 4) is 0 Å². The summed E-state index contributed by atoms with van der Waals surface area (Å²) in [4.78, 5) is 11.8. The summed E-state index contributed by atoms with van der Waals surface area (Å²) in [6, 6.07) is 8.09.